The Balaban J connectivity index is 2.54. The highest BCUT2D eigenvalue weighted by Crippen LogP contribution is 2.34. The fourth-order valence-electron chi connectivity index (χ4n) is 1.74. The first-order valence-electron chi connectivity index (χ1n) is 5.15. The summed E-state index contributed by atoms with van der Waals surface area (Å²) in [6.07, 6.45) is 2.82. The Labute approximate surface area is 98.5 Å². The molecule has 1 heterocycles. The minimum atomic E-state index is -1.45. The number of rotatable bonds is 3. The van der Waals surface area contributed by atoms with Crippen molar-refractivity contribution in [3.8, 4) is 5.75 Å². The van der Waals surface area contributed by atoms with Crippen LogP contribution in [0.1, 0.15) is 18.1 Å². The van der Waals surface area contributed by atoms with E-state index in [4.69, 9.17) is 9.15 Å². The van der Waals surface area contributed by atoms with Crippen molar-refractivity contribution in [1.82, 2.24) is 0 Å². The minimum absolute atomic E-state index is 0.103. The van der Waals surface area contributed by atoms with Crippen molar-refractivity contribution in [2.75, 3.05) is 7.11 Å². The van der Waals surface area contributed by atoms with E-state index in [2.05, 4.69) is 0 Å². The minimum Gasteiger partial charge on any atom is -0.494 e. The van der Waals surface area contributed by atoms with Crippen LogP contribution in [0, 0.1) is 5.82 Å². The summed E-state index contributed by atoms with van der Waals surface area (Å²) < 4.78 is 23.8. The van der Waals surface area contributed by atoms with Crippen LogP contribution < -0.4 is 4.74 Å². The van der Waals surface area contributed by atoms with E-state index in [1.165, 1.54) is 38.7 Å². The quantitative estimate of drug-likeness (QED) is 0.890. The first-order chi connectivity index (χ1) is 8.07. The molecule has 3 nitrogen and oxygen atoms in total. The van der Waals surface area contributed by atoms with Crippen LogP contribution >= 0.6 is 0 Å². The van der Waals surface area contributed by atoms with Gasteiger partial charge in [-0.2, -0.15) is 0 Å². The number of benzene rings is 1. The average molecular weight is 236 g/mol. The second-order valence-corrected chi connectivity index (χ2v) is 3.91. The normalized spacial score (nSPS) is 14.4. The molecule has 1 aromatic heterocycles. The molecule has 2 rings (SSSR count). The van der Waals surface area contributed by atoms with Crippen LogP contribution in [0.2, 0.25) is 0 Å². The van der Waals surface area contributed by atoms with Gasteiger partial charge >= 0.3 is 0 Å². The molecule has 0 amide bonds. The van der Waals surface area contributed by atoms with Gasteiger partial charge in [0.1, 0.15) is 5.60 Å². The average Bonchev–Trinajstić information content (AvgIpc) is 2.83. The van der Waals surface area contributed by atoms with Crippen LogP contribution in [-0.4, -0.2) is 12.2 Å². The summed E-state index contributed by atoms with van der Waals surface area (Å²) in [4.78, 5) is 0. The van der Waals surface area contributed by atoms with Crippen molar-refractivity contribution >= 4 is 0 Å². The molecule has 0 fully saturated rings. The van der Waals surface area contributed by atoms with Crippen LogP contribution in [0.15, 0.2) is 41.2 Å². The molecule has 1 aromatic carbocycles. The number of hydrogen-bond acceptors (Lipinski definition) is 3. The van der Waals surface area contributed by atoms with Gasteiger partial charge in [0, 0.05) is 11.1 Å². The molecule has 0 bridgehead atoms. The zero-order valence-corrected chi connectivity index (χ0v) is 9.61. The van der Waals surface area contributed by atoms with Crippen LogP contribution in [0.25, 0.3) is 0 Å². The maximum atomic E-state index is 14.0. The molecule has 2 aromatic rings. The Morgan fingerprint density at radius 3 is 2.71 bits per heavy atom. The lowest BCUT2D eigenvalue weighted by Gasteiger charge is -2.23. The van der Waals surface area contributed by atoms with Gasteiger partial charge in [0.2, 0.25) is 0 Å². The molecule has 1 atom stereocenters. The molecule has 90 valence electrons. The van der Waals surface area contributed by atoms with E-state index in [-0.39, 0.29) is 11.3 Å². The first kappa shape index (κ1) is 11.7. The van der Waals surface area contributed by atoms with Crippen molar-refractivity contribution in [2.45, 2.75) is 12.5 Å². The zero-order chi connectivity index (χ0) is 12.5. The summed E-state index contributed by atoms with van der Waals surface area (Å²) in [6, 6.07) is 6.25. The lowest BCUT2D eigenvalue weighted by Crippen LogP contribution is -2.23. The number of halogens is 1. The highest BCUT2D eigenvalue weighted by atomic mass is 19.1. The monoisotopic (exact) mass is 236 g/mol. The number of furan rings is 1. The number of hydrogen-bond donors (Lipinski definition) is 1. The smallest absolute Gasteiger partial charge is 0.171 e. The van der Waals surface area contributed by atoms with E-state index in [1.807, 2.05) is 0 Å². The third kappa shape index (κ3) is 1.91. The predicted molar refractivity (Wildman–Crippen MR) is 60.3 cm³/mol. The van der Waals surface area contributed by atoms with Crippen molar-refractivity contribution in [3.63, 3.8) is 0 Å². The molecule has 0 spiro atoms. The number of methoxy groups -OCH3 is 1. The summed E-state index contributed by atoms with van der Waals surface area (Å²) in [5.74, 6) is -0.465. The molecule has 0 aliphatic carbocycles. The lowest BCUT2D eigenvalue weighted by molar-refractivity contribution is 0.0965. The third-order valence-corrected chi connectivity index (χ3v) is 2.79. The molecule has 4 heteroatoms. The van der Waals surface area contributed by atoms with E-state index in [0.29, 0.717) is 5.56 Å². The van der Waals surface area contributed by atoms with Gasteiger partial charge in [0.15, 0.2) is 11.6 Å². The van der Waals surface area contributed by atoms with E-state index in [9.17, 15) is 9.50 Å². The van der Waals surface area contributed by atoms with E-state index < -0.39 is 11.4 Å². The van der Waals surface area contributed by atoms with E-state index in [1.54, 1.807) is 12.1 Å². The van der Waals surface area contributed by atoms with Crippen molar-refractivity contribution < 1.29 is 18.7 Å². The predicted octanol–water partition coefficient (Wildman–Crippen LogP) is 2.68. The SMILES string of the molecule is COc1cccc(C(C)(O)c2ccoc2)c1F. The lowest BCUT2D eigenvalue weighted by atomic mass is 9.89. The molecular weight excluding hydrogens is 223 g/mol. The zero-order valence-electron chi connectivity index (χ0n) is 9.61. The molecule has 0 aliphatic rings. The largest absolute Gasteiger partial charge is 0.494 e. The van der Waals surface area contributed by atoms with Gasteiger partial charge < -0.3 is 14.3 Å². The van der Waals surface area contributed by atoms with Crippen LogP contribution in [0.5, 0.6) is 5.75 Å². The van der Waals surface area contributed by atoms with Gasteiger partial charge in [-0.3, -0.25) is 0 Å². The topological polar surface area (TPSA) is 42.6 Å². The summed E-state index contributed by atoms with van der Waals surface area (Å²) in [7, 11) is 1.38. The highest BCUT2D eigenvalue weighted by Gasteiger charge is 2.31. The Bertz CT molecular complexity index is 503. The third-order valence-electron chi connectivity index (χ3n) is 2.79. The Hall–Kier alpha value is -1.81. The van der Waals surface area contributed by atoms with Crippen molar-refractivity contribution in [1.29, 1.82) is 0 Å². The van der Waals surface area contributed by atoms with Crippen molar-refractivity contribution in [2.24, 2.45) is 0 Å². The van der Waals surface area contributed by atoms with Crippen LogP contribution in [0.3, 0.4) is 0 Å². The van der Waals surface area contributed by atoms with Gasteiger partial charge in [0.25, 0.3) is 0 Å². The standard InChI is InChI=1S/C13H13FO3/c1-13(15,9-6-7-17-8-9)10-4-3-5-11(16-2)12(10)14/h3-8,15H,1-2H3. The number of aliphatic hydroxyl groups is 1. The van der Waals surface area contributed by atoms with Crippen LogP contribution in [0.4, 0.5) is 4.39 Å². The molecule has 17 heavy (non-hydrogen) atoms. The molecule has 1 unspecified atom stereocenters. The van der Waals surface area contributed by atoms with Gasteiger partial charge in [-0.25, -0.2) is 4.39 Å². The summed E-state index contributed by atoms with van der Waals surface area (Å²) >= 11 is 0. The second-order valence-electron chi connectivity index (χ2n) is 3.91. The second kappa shape index (κ2) is 4.22. The van der Waals surface area contributed by atoms with Gasteiger partial charge in [0.05, 0.1) is 19.6 Å². The summed E-state index contributed by atoms with van der Waals surface area (Å²) in [5.41, 5.74) is -0.811. The highest BCUT2D eigenvalue weighted by molar-refractivity contribution is 5.39. The summed E-state index contributed by atoms with van der Waals surface area (Å²) in [5, 5.41) is 10.4. The van der Waals surface area contributed by atoms with Gasteiger partial charge in [-0.15, -0.1) is 0 Å². The summed E-state index contributed by atoms with van der Waals surface area (Å²) in [6.45, 7) is 1.51. The molecule has 0 aliphatic heterocycles. The first-order valence-corrected chi connectivity index (χ1v) is 5.15. The van der Waals surface area contributed by atoms with Gasteiger partial charge in [-0.05, 0) is 19.1 Å². The fourth-order valence-corrected chi connectivity index (χ4v) is 1.74. The van der Waals surface area contributed by atoms with Crippen LogP contribution in [-0.2, 0) is 5.60 Å². The van der Waals surface area contributed by atoms with E-state index >= 15 is 0 Å². The molecule has 0 saturated carbocycles. The number of ether oxygens (including phenoxy) is 1. The maximum absolute atomic E-state index is 14.0. The molecule has 1 N–H and O–H groups in total. The van der Waals surface area contributed by atoms with Crippen molar-refractivity contribution in [3.05, 3.63) is 53.7 Å². The molecule has 0 radical (unpaired) electrons. The van der Waals surface area contributed by atoms with Gasteiger partial charge in [-0.1, -0.05) is 12.1 Å². The Morgan fingerprint density at radius 2 is 2.12 bits per heavy atom. The molecular formula is C13H13FO3. The molecule has 0 saturated heterocycles. The van der Waals surface area contributed by atoms with E-state index in [0.717, 1.165) is 0 Å². The Kier molecular flexibility index (Phi) is 2.90. The fraction of sp³-hybridized carbons (Fsp3) is 0.231. The maximum Gasteiger partial charge on any atom is 0.171 e. The Morgan fingerprint density at radius 1 is 1.35 bits per heavy atom.